The minimum atomic E-state index is -4.29. The summed E-state index contributed by atoms with van der Waals surface area (Å²) in [5.74, 6) is -0.282. The fourth-order valence-electron chi connectivity index (χ4n) is 1.81. The molecule has 0 unspecified atom stereocenters. The highest BCUT2D eigenvalue weighted by Gasteiger charge is 2.12. The van der Waals surface area contributed by atoms with Gasteiger partial charge in [-0.25, -0.2) is 9.36 Å². The first-order chi connectivity index (χ1) is 9.95. The zero-order chi connectivity index (χ0) is 16.0. The maximum Gasteiger partial charge on any atom is 0.469 e. The number of esters is 1. The first kappa shape index (κ1) is 20.3. The predicted octanol–water partition coefficient (Wildman–Crippen LogP) is 3.34. The molecule has 0 aromatic heterocycles. The molecule has 6 nitrogen and oxygen atoms in total. The summed E-state index contributed by atoms with van der Waals surface area (Å²) in [4.78, 5) is 28.0. The first-order valence-corrected chi connectivity index (χ1v) is 8.98. The first-order valence-electron chi connectivity index (χ1n) is 7.45. The van der Waals surface area contributed by atoms with Gasteiger partial charge in [-0.05, 0) is 19.8 Å². The van der Waals surface area contributed by atoms with Crippen LogP contribution in [0.4, 0.5) is 0 Å². The van der Waals surface area contributed by atoms with Crippen LogP contribution >= 0.6 is 7.82 Å². The van der Waals surface area contributed by atoms with Crippen molar-refractivity contribution >= 4 is 13.8 Å². The quantitative estimate of drug-likeness (QED) is 0.234. The van der Waals surface area contributed by atoms with Crippen molar-refractivity contribution in [1.82, 2.24) is 0 Å². The van der Waals surface area contributed by atoms with Crippen LogP contribution < -0.4 is 0 Å². The van der Waals surface area contributed by atoms with Crippen molar-refractivity contribution in [1.29, 1.82) is 0 Å². The van der Waals surface area contributed by atoms with Gasteiger partial charge in [-0.3, -0.25) is 4.52 Å². The van der Waals surface area contributed by atoms with Crippen molar-refractivity contribution in [3.05, 3.63) is 12.2 Å². The molecule has 0 fully saturated rings. The van der Waals surface area contributed by atoms with Crippen molar-refractivity contribution in [2.45, 2.75) is 58.3 Å². The van der Waals surface area contributed by atoms with E-state index in [2.05, 4.69) is 4.52 Å². The number of carbonyl (C=O) groups is 1. The number of hydrogen-bond donors (Lipinski definition) is 2. The van der Waals surface area contributed by atoms with Gasteiger partial charge in [-0.1, -0.05) is 44.6 Å². The third kappa shape index (κ3) is 17.3. The zero-order valence-electron chi connectivity index (χ0n) is 12.7. The lowest BCUT2D eigenvalue weighted by atomic mass is 10.1. The Bertz CT molecular complexity index is 336. The molecule has 7 heteroatoms. The molecule has 0 spiro atoms. The van der Waals surface area contributed by atoms with Gasteiger partial charge in [0.1, 0.15) is 0 Å². The van der Waals surface area contributed by atoms with E-state index < -0.39 is 7.82 Å². The number of phosphoric acid groups is 1. The van der Waals surface area contributed by atoms with Crippen molar-refractivity contribution in [3.8, 4) is 0 Å². The molecule has 21 heavy (non-hydrogen) atoms. The molecule has 0 heterocycles. The lowest BCUT2D eigenvalue weighted by Crippen LogP contribution is -2.01. The Hall–Kier alpha value is -0.680. The van der Waals surface area contributed by atoms with Gasteiger partial charge >= 0.3 is 13.8 Å². The van der Waals surface area contributed by atoms with Crippen LogP contribution in [-0.4, -0.2) is 29.0 Å². The largest absolute Gasteiger partial charge is 0.469 e. The van der Waals surface area contributed by atoms with Gasteiger partial charge in [-0.15, -0.1) is 0 Å². The van der Waals surface area contributed by atoms with E-state index in [4.69, 9.17) is 14.5 Å². The minimum absolute atomic E-state index is 0.113. The smallest absolute Gasteiger partial charge is 0.463 e. The van der Waals surface area contributed by atoms with Crippen LogP contribution in [0.5, 0.6) is 0 Å². The molecular formula is C14H27O6P. The van der Waals surface area contributed by atoms with Crippen LogP contribution in [0, 0.1) is 0 Å². The maximum atomic E-state index is 11.0. The number of unbranched alkanes of at least 4 members (excludes halogenated alkanes) is 7. The highest BCUT2D eigenvalue weighted by Crippen LogP contribution is 2.35. The van der Waals surface area contributed by atoms with Gasteiger partial charge in [0.05, 0.1) is 13.2 Å². The normalized spacial score (nSPS) is 12.0. The maximum absolute atomic E-state index is 11.0. The Morgan fingerprint density at radius 2 is 1.43 bits per heavy atom. The second-order valence-electron chi connectivity index (χ2n) is 4.82. The highest BCUT2D eigenvalue weighted by molar-refractivity contribution is 7.46. The van der Waals surface area contributed by atoms with E-state index in [1.165, 1.54) is 6.08 Å². The fourth-order valence-corrected chi connectivity index (χ4v) is 2.17. The van der Waals surface area contributed by atoms with Crippen molar-refractivity contribution < 1.29 is 28.4 Å². The van der Waals surface area contributed by atoms with Crippen molar-refractivity contribution in [2.24, 2.45) is 0 Å². The van der Waals surface area contributed by atoms with Gasteiger partial charge in [-0.2, -0.15) is 0 Å². The molecule has 0 aromatic rings. The summed E-state index contributed by atoms with van der Waals surface area (Å²) in [6.07, 6.45) is 11.0. The lowest BCUT2D eigenvalue weighted by molar-refractivity contribution is -0.137. The molecule has 0 atom stereocenters. The molecular weight excluding hydrogens is 295 g/mol. The van der Waals surface area contributed by atoms with Gasteiger partial charge in [0.25, 0.3) is 0 Å². The summed E-state index contributed by atoms with van der Waals surface area (Å²) >= 11 is 0. The summed E-state index contributed by atoms with van der Waals surface area (Å²) in [6.45, 7) is 2.37. The zero-order valence-corrected chi connectivity index (χ0v) is 13.6. The number of carbonyl (C=O) groups excluding carboxylic acids is 1. The summed E-state index contributed by atoms with van der Waals surface area (Å²) in [7, 11) is -4.29. The van der Waals surface area contributed by atoms with Crippen LogP contribution in [0.15, 0.2) is 12.2 Å². The number of ether oxygens (including phenoxy) is 1. The van der Waals surface area contributed by atoms with E-state index in [0.717, 1.165) is 44.9 Å². The molecule has 0 radical (unpaired) electrons. The van der Waals surface area contributed by atoms with E-state index in [-0.39, 0.29) is 12.6 Å². The minimum Gasteiger partial charge on any atom is -0.463 e. The van der Waals surface area contributed by atoms with E-state index in [0.29, 0.717) is 13.0 Å². The van der Waals surface area contributed by atoms with Crippen molar-refractivity contribution in [2.75, 3.05) is 13.2 Å². The molecule has 0 aromatic carbocycles. The van der Waals surface area contributed by atoms with E-state index in [9.17, 15) is 9.36 Å². The van der Waals surface area contributed by atoms with Crippen LogP contribution in [-0.2, 0) is 18.6 Å². The van der Waals surface area contributed by atoms with E-state index in [1.807, 2.05) is 0 Å². The monoisotopic (exact) mass is 322 g/mol. The molecule has 0 rings (SSSR count). The Morgan fingerprint density at radius 1 is 0.952 bits per heavy atom. The van der Waals surface area contributed by atoms with E-state index in [1.54, 1.807) is 13.0 Å². The fraction of sp³-hybridized carbons (Fsp3) is 0.786. The average molecular weight is 322 g/mol. The van der Waals surface area contributed by atoms with Gasteiger partial charge in [0, 0.05) is 6.08 Å². The van der Waals surface area contributed by atoms with Crippen LogP contribution in [0.2, 0.25) is 0 Å². The van der Waals surface area contributed by atoms with Gasteiger partial charge in [0.2, 0.25) is 0 Å². The Balaban J connectivity index is 3.16. The lowest BCUT2D eigenvalue weighted by Gasteiger charge is -2.05. The Labute approximate surface area is 126 Å². The number of rotatable bonds is 13. The predicted molar refractivity (Wildman–Crippen MR) is 80.7 cm³/mol. The van der Waals surface area contributed by atoms with Gasteiger partial charge in [0.15, 0.2) is 0 Å². The van der Waals surface area contributed by atoms with E-state index >= 15 is 0 Å². The number of phosphoric ester groups is 1. The topological polar surface area (TPSA) is 93.1 Å². The van der Waals surface area contributed by atoms with Gasteiger partial charge < -0.3 is 14.5 Å². The SMILES string of the molecule is C/C=C\C(=O)OCCCCCCCCCCOP(=O)(O)O. The molecule has 0 aliphatic carbocycles. The molecule has 0 amide bonds. The average Bonchev–Trinajstić information content (AvgIpc) is 2.39. The van der Waals surface area contributed by atoms with Crippen LogP contribution in [0.3, 0.4) is 0 Å². The third-order valence-electron chi connectivity index (χ3n) is 2.85. The Kier molecular flexibility index (Phi) is 12.6. The second-order valence-corrected chi connectivity index (χ2v) is 6.06. The van der Waals surface area contributed by atoms with Crippen LogP contribution in [0.25, 0.3) is 0 Å². The molecule has 0 aliphatic rings. The molecule has 0 bridgehead atoms. The highest BCUT2D eigenvalue weighted by atomic mass is 31.2. The molecule has 0 aliphatic heterocycles. The molecule has 2 N–H and O–H groups in total. The van der Waals surface area contributed by atoms with Crippen LogP contribution in [0.1, 0.15) is 58.3 Å². The molecule has 0 saturated heterocycles. The second kappa shape index (κ2) is 13.0. The summed E-state index contributed by atoms with van der Waals surface area (Å²) < 4.78 is 19.7. The van der Waals surface area contributed by atoms with Crippen molar-refractivity contribution in [3.63, 3.8) is 0 Å². The summed E-state index contributed by atoms with van der Waals surface area (Å²) in [6, 6.07) is 0. The summed E-state index contributed by atoms with van der Waals surface area (Å²) in [5.41, 5.74) is 0. The summed E-state index contributed by atoms with van der Waals surface area (Å²) in [5, 5.41) is 0. The molecule has 0 saturated carbocycles. The number of allylic oxidation sites excluding steroid dienone is 1. The molecule has 124 valence electrons. The third-order valence-corrected chi connectivity index (χ3v) is 3.36. The standard InChI is InChI=1S/C14H27O6P/c1-2-11-14(15)19-12-9-7-5-3-4-6-8-10-13-20-21(16,17)18/h2,11H,3-10,12-13H2,1H3,(H2,16,17,18)/b11-2-. The Morgan fingerprint density at radius 3 is 1.90 bits per heavy atom. The number of hydrogen-bond acceptors (Lipinski definition) is 4.